The monoisotopic (exact) mass is 411 g/mol. The zero-order valence-corrected chi connectivity index (χ0v) is 16.9. The predicted molar refractivity (Wildman–Crippen MR) is 105 cm³/mol. The highest BCUT2D eigenvalue weighted by molar-refractivity contribution is 7.54. The van der Waals surface area contributed by atoms with Crippen molar-refractivity contribution in [3.05, 3.63) is 70.7 Å². The molecule has 2 rings (SSSR count). The molecule has 1 atom stereocenters. The number of alkyl carbamates (subject to hydrolysis) is 1. The molecule has 0 aliphatic carbocycles. The Labute approximate surface area is 164 Å². The smallest absolute Gasteiger partial charge is 0.408 e. The number of hydrogen-bond acceptors (Lipinski definition) is 5. The van der Waals surface area contributed by atoms with Gasteiger partial charge in [0, 0.05) is 5.02 Å². The molecule has 6 nitrogen and oxygen atoms in total. The van der Waals surface area contributed by atoms with Gasteiger partial charge in [-0.3, -0.25) is 4.57 Å². The molecule has 27 heavy (non-hydrogen) atoms. The molecule has 0 radical (unpaired) electrons. The van der Waals surface area contributed by atoms with Gasteiger partial charge in [0.05, 0.1) is 13.2 Å². The van der Waals surface area contributed by atoms with E-state index < -0.39 is 19.5 Å². The van der Waals surface area contributed by atoms with Crippen LogP contribution in [0.4, 0.5) is 4.79 Å². The lowest BCUT2D eigenvalue weighted by molar-refractivity contribution is 0.134. The van der Waals surface area contributed by atoms with Crippen molar-refractivity contribution in [3.63, 3.8) is 0 Å². The molecular weight excluding hydrogens is 389 g/mol. The summed E-state index contributed by atoms with van der Waals surface area (Å²) in [5.74, 6) is -1.02. The summed E-state index contributed by atoms with van der Waals surface area (Å²) in [5.41, 5.74) is 1.38. The Balaban J connectivity index is 2.19. The second-order valence-corrected chi connectivity index (χ2v) is 8.08. The van der Waals surface area contributed by atoms with Gasteiger partial charge in [0.15, 0.2) is 5.78 Å². The van der Waals surface area contributed by atoms with Gasteiger partial charge in [-0.2, -0.15) is 0 Å². The fourth-order valence-electron chi connectivity index (χ4n) is 2.41. The Hall–Kier alpha value is -1.85. The van der Waals surface area contributed by atoms with Crippen LogP contribution in [0.15, 0.2) is 54.6 Å². The van der Waals surface area contributed by atoms with Crippen LogP contribution in [-0.2, 0) is 25.0 Å². The number of halogens is 1. The zero-order valence-electron chi connectivity index (χ0n) is 15.3. The van der Waals surface area contributed by atoms with Crippen molar-refractivity contribution < 1.29 is 23.1 Å². The standard InChI is InChI=1S/C19H23ClNO5P/c1-3-25-27(23,26-4-2)18(16-10-12-17(20)13-11-16)21-19(22)24-14-15-8-6-5-7-9-15/h5-13,18H,3-4,14H2,1-2H3,(H,21,22)/t18-/m0/s1. The average molecular weight is 412 g/mol. The van der Waals surface area contributed by atoms with Gasteiger partial charge in [-0.15, -0.1) is 0 Å². The Morgan fingerprint density at radius 3 is 2.19 bits per heavy atom. The minimum absolute atomic E-state index is 0.0909. The van der Waals surface area contributed by atoms with E-state index in [-0.39, 0.29) is 19.8 Å². The minimum atomic E-state index is -3.67. The van der Waals surface area contributed by atoms with Gasteiger partial charge in [-0.05, 0) is 37.1 Å². The summed E-state index contributed by atoms with van der Waals surface area (Å²) in [4.78, 5) is 12.3. The first-order chi connectivity index (χ1) is 13.0. The largest absolute Gasteiger partial charge is 0.445 e. The molecule has 2 aromatic rings. The van der Waals surface area contributed by atoms with Gasteiger partial charge < -0.3 is 19.1 Å². The van der Waals surface area contributed by atoms with Crippen molar-refractivity contribution in [1.29, 1.82) is 0 Å². The fraction of sp³-hybridized carbons (Fsp3) is 0.316. The van der Waals surface area contributed by atoms with E-state index in [1.165, 1.54) is 0 Å². The third-order valence-corrected chi connectivity index (χ3v) is 6.14. The molecule has 0 fully saturated rings. The third kappa shape index (κ3) is 6.36. The highest BCUT2D eigenvalue weighted by Gasteiger charge is 2.38. The summed E-state index contributed by atoms with van der Waals surface area (Å²) in [6, 6.07) is 15.9. The number of carbonyl (C=O) groups excluding carboxylic acids is 1. The Kier molecular flexibility index (Phi) is 8.32. The number of rotatable bonds is 9. The van der Waals surface area contributed by atoms with Crippen LogP contribution in [0.25, 0.3) is 0 Å². The molecule has 0 heterocycles. The van der Waals surface area contributed by atoms with Crippen LogP contribution in [0.2, 0.25) is 5.02 Å². The van der Waals surface area contributed by atoms with E-state index in [4.69, 9.17) is 25.4 Å². The van der Waals surface area contributed by atoms with Crippen LogP contribution >= 0.6 is 19.2 Å². The Morgan fingerprint density at radius 2 is 1.63 bits per heavy atom. The highest BCUT2D eigenvalue weighted by atomic mass is 35.5. The molecule has 0 aliphatic rings. The maximum atomic E-state index is 13.3. The van der Waals surface area contributed by atoms with E-state index in [1.807, 2.05) is 30.3 Å². The second kappa shape index (κ2) is 10.5. The van der Waals surface area contributed by atoms with E-state index in [9.17, 15) is 9.36 Å². The molecule has 0 spiro atoms. The first kappa shape index (κ1) is 21.5. The summed E-state index contributed by atoms with van der Waals surface area (Å²) in [7, 11) is -3.67. The van der Waals surface area contributed by atoms with Crippen LogP contribution in [0, 0.1) is 0 Å². The minimum Gasteiger partial charge on any atom is -0.445 e. The van der Waals surface area contributed by atoms with Gasteiger partial charge in [0.2, 0.25) is 0 Å². The van der Waals surface area contributed by atoms with E-state index in [0.717, 1.165) is 5.56 Å². The maximum Gasteiger partial charge on any atom is 0.408 e. The van der Waals surface area contributed by atoms with Crippen molar-refractivity contribution in [2.24, 2.45) is 0 Å². The molecule has 2 aromatic carbocycles. The van der Waals surface area contributed by atoms with E-state index >= 15 is 0 Å². The van der Waals surface area contributed by atoms with Gasteiger partial charge in [0.25, 0.3) is 0 Å². The molecule has 0 saturated heterocycles. The van der Waals surface area contributed by atoms with Crippen LogP contribution in [0.3, 0.4) is 0 Å². The van der Waals surface area contributed by atoms with Crippen molar-refractivity contribution in [3.8, 4) is 0 Å². The van der Waals surface area contributed by atoms with Crippen molar-refractivity contribution in [2.45, 2.75) is 26.2 Å². The topological polar surface area (TPSA) is 73.9 Å². The lowest BCUT2D eigenvalue weighted by Gasteiger charge is -2.27. The predicted octanol–water partition coefficient (Wildman–Crippen LogP) is 5.53. The van der Waals surface area contributed by atoms with Crippen LogP contribution in [0.1, 0.15) is 30.8 Å². The Morgan fingerprint density at radius 1 is 1.04 bits per heavy atom. The van der Waals surface area contributed by atoms with Crippen LogP contribution in [0.5, 0.6) is 0 Å². The van der Waals surface area contributed by atoms with Crippen molar-refractivity contribution in [1.82, 2.24) is 5.32 Å². The molecular formula is C19H23ClNO5P. The number of ether oxygens (including phenoxy) is 1. The van der Waals surface area contributed by atoms with Gasteiger partial charge in [-0.25, -0.2) is 4.79 Å². The summed E-state index contributed by atoms with van der Waals surface area (Å²) >= 11 is 5.93. The molecule has 8 heteroatoms. The van der Waals surface area contributed by atoms with Gasteiger partial charge in [0.1, 0.15) is 6.61 Å². The number of carbonyl (C=O) groups is 1. The molecule has 1 amide bonds. The highest BCUT2D eigenvalue weighted by Crippen LogP contribution is 2.59. The van der Waals surface area contributed by atoms with Crippen LogP contribution < -0.4 is 5.32 Å². The molecule has 0 saturated carbocycles. The number of amides is 1. The Bertz CT molecular complexity index is 759. The summed E-state index contributed by atoms with van der Waals surface area (Å²) < 4.78 is 29.3. The SMILES string of the molecule is CCOP(=O)(OCC)[C@H](NC(=O)OCc1ccccc1)c1ccc(Cl)cc1. The van der Waals surface area contributed by atoms with Crippen molar-refractivity contribution in [2.75, 3.05) is 13.2 Å². The zero-order chi connectivity index (χ0) is 19.7. The lowest BCUT2D eigenvalue weighted by Crippen LogP contribution is -2.30. The second-order valence-electron chi connectivity index (χ2n) is 5.54. The fourth-order valence-corrected chi connectivity index (χ4v) is 4.43. The third-order valence-electron chi connectivity index (χ3n) is 3.59. The quantitative estimate of drug-likeness (QED) is 0.549. The molecule has 146 valence electrons. The molecule has 0 unspecified atom stereocenters. The normalized spacial score (nSPS) is 12.4. The van der Waals surface area contributed by atoms with E-state index in [0.29, 0.717) is 10.6 Å². The number of nitrogens with one attached hydrogen (secondary N) is 1. The molecule has 0 bridgehead atoms. The maximum absolute atomic E-state index is 13.3. The number of hydrogen-bond donors (Lipinski definition) is 1. The molecule has 1 N–H and O–H groups in total. The summed E-state index contributed by atoms with van der Waals surface area (Å²) in [6.07, 6.45) is -0.724. The summed E-state index contributed by atoms with van der Waals surface area (Å²) in [6.45, 7) is 3.84. The van der Waals surface area contributed by atoms with Gasteiger partial charge >= 0.3 is 13.7 Å². The summed E-state index contributed by atoms with van der Waals surface area (Å²) in [5, 5.41) is 3.14. The van der Waals surface area contributed by atoms with Crippen LogP contribution in [-0.4, -0.2) is 19.3 Å². The number of benzene rings is 2. The van der Waals surface area contributed by atoms with Gasteiger partial charge in [-0.1, -0.05) is 54.1 Å². The lowest BCUT2D eigenvalue weighted by atomic mass is 10.2. The first-order valence-electron chi connectivity index (χ1n) is 8.60. The van der Waals surface area contributed by atoms with E-state index in [1.54, 1.807) is 38.1 Å². The van der Waals surface area contributed by atoms with E-state index in [2.05, 4.69) is 5.32 Å². The molecule has 0 aliphatic heterocycles. The van der Waals surface area contributed by atoms with Crippen molar-refractivity contribution >= 4 is 25.3 Å². The first-order valence-corrected chi connectivity index (χ1v) is 10.6. The molecule has 0 aromatic heterocycles. The average Bonchev–Trinajstić information content (AvgIpc) is 2.66.